The SMILES string of the molecule is COc1c(C)cnc(CN(C)CCNC(C)(C)C)c1C. The summed E-state index contributed by atoms with van der Waals surface area (Å²) in [6.45, 7) is 13.5. The zero-order chi connectivity index (χ0) is 15.3. The maximum atomic E-state index is 5.45. The Balaban J connectivity index is 2.60. The maximum absolute atomic E-state index is 5.45. The molecule has 0 fully saturated rings. The molecular formula is C16H29N3O. The van der Waals surface area contributed by atoms with Crippen LogP contribution < -0.4 is 10.1 Å². The van der Waals surface area contributed by atoms with Crippen LogP contribution in [0.5, 0.6) is 5.75 Å². The van der Waals surface area contributed by atoms with E-state index in [1.54, 1.807) is 7.11 Å². The highest BCUT2D eigenvalue weighted by Gasteiger charge is 2.12. The second-order valence-electron chi connectivity index (χ2n) is 6.46. The van der Waals surface area contributed by atoms with Crippen LogP contribution in [0, 0.1) is 13.8 Å². The molecule has 1 aromatic rings. The van der Waals surface area contributed by atoms with Crippen LogP contribution in [-0.2, 0) is 6.54 Å². The van der Waals surface area contributed by atoms with E-state index in [-0.39, 0.29) is 5.54 Å². The third kappa shape index (κ3) is 5.10. The molecule has 0 amide bonds. The number of aryl methyl sites for hydroxylation is 1. The number of hydrogen-bond donors (Lipinski definition) is 1. The van der Waals surface area contributed by atoms with Gasteiger partial charge >= 0.3 is 0 Å². The van der Waals surface area contributed by atoms with Crippen molar-refractivity contribution in [1.82, 2.24) is 15.2 Å². The largest absolute Gasteiger partial charge is 0.496 e. The smallest absolute Gasteiger partial charge is 0.128 e. The lowest BCUT2D eigenvalue weighted by molar-refractivity contribution is 0.299. The van der Waals surface area contributed by atoms with Crippen LogP contribution in [0.15, 0.2) is 6.20 Å². The van der Waals surface area contributed by atoms with Gasteiger partial charge in [0.1, 0.15) is 5.75 Å². The predicted octanol–water partition coefficient (Wildman–Crippen LogP) is 2.53. The van der Waals surface area contributed by atoms with Crippen LogP contribution in [0.25, 0.3) is 0 Å². The molecule has 1 heterocycles. The number of ether oxygens (including phenoxy) is 1. The highest BCUT2D eigenvalue weighted by Crippen LogP contribution is 2.24. The van der Waals surface area contributed by atoms with Gasteiger partial charge in [-0.2, -0.15) is 0 Å². The summed E-state index contributed by atoms with van der Waals surface area (Å²) in [6.07, 6.45) is 1.89. The number of likely N-dealkylation sites (N-methyl/N-ethyl adjacent to an activating group) is 1. The van der Waals surface area contributed by atoms with E-state index in [1.165, 1.54) is 0 Å². The second kappa shape index (κ2) is 7.04. The first-order chi connectivity index (χ1) is 9.24. The molecule has 0 radical (unpaired) electrons. The number of nitrogens with one attached hydrogen (secondary N) is 1. The van der Waals surface area contributed by atoms with E-state index in [4.69, 9.17) is 4.74 Å². The topological polar surface area (TPSA) is 37.4 Å². The lowest BCUT2D eigenvalue weighted by Crippen LogP contribution is -2.40. The van der Waals surface area contributed by atoms with Crippen LogP contribution in [0.2, 0.25) is 0 Å². The minimum absolute atomic E-state index is 0.169. The molecule has 0 aliphatic carbocycles. The first kappa shape index (κ1) is 16.9. The predicted molar refractivity (Wildman–Crippen MR) is 84.4 cm³/mol. The number of rotatable bonds is 6. The second-order valence-corrected chi connectivity index (χ2v) is 6.46. The fourth-order valence-corrected chi connectivity index (χ4v) is 2.19. The van der Waals surface area contributed by atoms with Crippen LogP contribution in [0.3, 0.4) is 0 Å². The summed E-state index contributed by atoms with van der Waals surface area (Å²) < 4.78 is 5.45. The van der Waals surface area contributed by atoms with E-state index in [9.17, 15) is 0 Å². The first-order valence-electron chi connectivity index (χ1n) is 7.17. The van der Waals surface area contributed by atoms with Crippen LogP contribution in [0.4, 0.5) is 0 Å². The van der Waals surface area contributed by atoms with Gasteiger partial charge in [-0.25, -0.2) is 0 Å². The third-order valence-electron chi connectivity index (χ3n) is 3.32. The molecule has 1 aromatic heterocycles. The average Bonchev–Trinajstić information content (AvgIpc) is 2.32. The lowest BCUT2D eigenvalue weighted by atomic mass is 10.1. The number of nitrogens with zero attached hydrogens (tertiary/aromatic N) is 2. The molecule has 20 heavy (non-hydrogen) atoms. The summed E-state index contributed by atoms with van der Waals surface area (Å²) in [4.78, 5) is 6.82. The van der Waals surface area contributed by atoms with Gasteiger partial charge in [0.05, 0.1) is 12.8 Å². The summed E-state index contributed by atoms with van der Waals surface area (Å²) in [7, 11) is 3.84. The van der Waals surface area contributed by atoms with Crippen molar-refractivity contribution in [2.75, 3.05) is 27.2 Å². The van der Waals surface area contributed by atoms with Gasteiger partial charge in [0, 0.05) is 42.5 Å². The van der Waals surface area contributed by atoms with Gasteiger partial charge < -0.3 is 10.1 Å². The van der Waals surface area contributed by atoms with E-state index in [0.717, 1.165) is 42.2 Å². The van der Waals surface area contributed by atoms with E-state index in [0.29, 0.717) is 0 Å². The zero-order valence-electron chi connectivity index (χ0n) is 14.0. The number of methoxy groups -OCH3 is 1. The maximum Gasteiger partial charge on any atom is 0.128 e. The monoisotopic (exact) mass is 279 g/mol. The summed E-state index contributed by atoms with van der Waals surface area (Å²) in [5.41, 5.74) is 3.49. The molecule has 1 rings (SSSR count). The van der Waals surface area contributed by atoms with Crippen molar-refractivity contribution < 1.29 is 4.74 Å². The minimum atomic E-state index is 0.169. The van der Waals surface area contributed by atoms with Crippen molar-refractivity contribution in [3.8, 4) is 5.75 Å². The Morgan fingerprint density at radius 2 is 1.95 bits per heavy atom. The fraction of sp³-hybridized carbons (Fsp3) is 0.688. The third-order valence-corrected chi connectivity index (χ3v) is 3.32. The molecule has 0 spiro atoms. The van der Waals surface area contributed by atoms with Crippen molar-refractivity contribution in [2.24, 2.45) is 0 Å². The highest BCUT2D eigenvalue weighted by atomic mass is 16.5. The van der Waals surface area contributed by atoms with Gasteiger partial charge in [0.25, 0.3) is 0 Å². The van der Waals surface area contributed by atoms with E-state index < -0.39 is 0 Å². The van der Waals surface area contributed by atoms with Crippen LogP contribution in [-0.4, -0.2) is 42.7 Å². The minimum Gasteiger partial charge on any atom is -0.496 e. The first-order valence-corrected chi connectivity index (χ1v) is 7.17. The number of hydrogen-bond acceptors (Lipinski definition) is 4. The summed E-state index contributed by atoms with van der Waals surface area (Å²) in [5, 5.41) is 3.50. The van der Waals surface area contributed by atoms with E-state index >= 15 is 0 Å². The van der Waals surface area contributed by atoms with Crippen molar-refractivity contribution in [3.63, 3.8) is 0 Å². The van der Waals surface area contributed by atoms with Gasteiger partial charge in [-0.15, -0.1) is 0 Å². The Bertz CT molecular complexity index is 438. The number of aromatic nitrogens is 1. The molecule has 4 nitrogen and oxygen atoms in total. The summed E-state index contributed by atoms with van der Waals surface area (Å²) in [6, 6.07) is 0. The zero-order valence-corrected chi connectivity index (χ0v) is 14.0. The van der Waals surface area contributed by atoms with Gasteiger partial charge in [-0.05, 0) is 41.7 Å². The Morgan fingerprint density at radius 1 is 1.30 bits per heavy atom. The normalized spacial score (nSPS) is 12.0. The molecule has 0 unspecified atom stereocenters. The van der Waals surface area contributed by atoms with Crippen molar-refractivity contribution in [2.45, 2.75) is 46.7 Å². The molecular weight excluding hydrogens is 250 g/mol. The van der Waals surface area contributed by atoms with Crippen molar-refractivity contribution in [1.29, 1.82) is 0 Å². The van der Waals surface area contributed by atoms with E-state index in [2.05, 4.69) is 49.9 Å². The molecule has 0 atom stereocenters. The highest BCUT2D eigenvalue weighted by molar-refractivity contribution is 5.40. The quantitative estimate of drug-likeness (QED) is 0.868. The molecule has 0 aromatic carbocycles. The van der Waals surface area contributed by atoms with Crippen LogP contribution >= 0.6 is 0 Å². The van der Waals surface area contributed by atoms with E-state index in [1.807, 2.05) is 13.1 Å². The molecule has 4 heteroatoms. The summed E-state index contributed by atoms with van der Waals surface area (Å²) >= 11 is 0. The molecule has 0 bridgehead atoms. The van der Waals surface area contributed by atoms with Gasteiger partial charge in [-0.1, -0.05) is 0 Å². The molecule has 1 N–H and O–H groups in total. The molecule has 114 valence electrons. The molecule has 0 saturated heterocycles. The summed E-state index contributed by atoms with van der Waals surface area (Å²) in [5.74, 6) is 0.955. The Hall–Kier alpha value is -1.13. The molecule has 0 saturated carbocycles. The Kier molecular flexibility index (Phi) is 5.96. The average molecular weight is 279 g/mol. The lowest BCUT2D eigenvalue weighted by Gasteiger charge is -2.24. The van der Waals surface area contributed by atoms with Gasteiger partial charge in [0.15, 0.2) is 0 Å². The van der Waals surface area contributed by atoms with Crippen molar-refractivity contribution >= 4 is 0 Å². The Labute approximate surface area is 123 Å². The standard InChI is InChI=1S/C16H29N3O/c1-12-10-17-14(13(2)15(12)20-7)11-19(6)9-8-18-16(3,4)5/h10,18H,8-9,11H2,1-7H3. The number of pyridine rings is 1. The Morgan fingerprint density at radius 3 is 2.50 bits per heavy atom. The van der Waals surface area contributed by atoms with Crippen LogP contribution in [0.1, 0.15) is 37.6 Å². The fourth-order valence-electron chi connectivity index (χ4n) is 2.19. The molecule has 0 aliphatic rings. The van der Waals surface area contributed by atoms with Gasteiger partial charge in [-0.3, -0.25) is 9.88 Å². The van der Waals surface area contributed by atoms with Crippen molar-refractivity contribution in [3.05, 3.63) is 23.0 Å². The van der Waals surface area contributed by atoms with Gasteiger partial charge in [0.2, 0.25) is 0 Å². The molecule has 0 aliphatic heterocycles.